The predicted molar refractivity (Wildman–Crippen MR) is 58.1 cm³/mol. The Morgan fingerprint density at radius 2 is 2.07 bits per heavy atom. The molecule has 0 unspecified atom stereocenters. The number of benzene rings is 1. The van der Waals surface area contributed by atoms with Gasteiger partial charge in [-0.2, -0.15) is 5.26 Å². The zero-order chi connectivity index (χ0) is 10.7. The van der Waals surface area contributed by atoms with Crippen LogP contribution in [0.15, 0.2) is 23.4 Å². The van der Waals surface area contributed by atoms with Gasteiger partial charge in [0.05, 0.1) is 11.3 Å². The number of nitroso groups, excluding NO2 is 1. The zero-order valence-corrected chi connectivity index (χ0v) is 8.31. The molecule has 0 aromatic heterocycles. The van der Waals surface area contributed by atoms with Crippen LogP contribution in [0.2, 0.25) is 0 Å². The summed E-state index contributed by atoms with van der Waals surface area (Å²) in [6.07, 6.45) is 2.33. The van der Waals surface area contributed by atoms with Crippen molar-refractivity contribution in [3.8, 4) is 6.07 Å². The molecule has 0 atom stereocenters. The monoisotopic (exact) mass is 201 g/mol. The van der Waals surface area contributed by atoms with Gasteiger partial charge in [0.15, 0.2) is 0 Å². The van der Waals surface area contributed by atoms with E-state index in [4.69, 9.17) is 5.26 Å². The summed E-state index contributed by atoms with van der Waals surface area (Å²) in [5.74, 6) is 0. The van der Waals surface area contributed by atoms with Crippen LogP contribution < -0.4 is 4.90 Å². The minimum atomic E-state index is 0.314. The molecule has 0 spiro atoms. The van der Waals surface area contributed by atoms with Crippen molar-refractivity contribution in [2.75, 3.05) is 18.0 Å². The fourth-order valence-electron chi connectivity index (χ4n) is 1.90. The van der Waals surface area contributed by atoms with Crippen LogP contribution >= 0.6 is 0 Å². The molecule has 1 aromatic carbocycles. The molecule has 1 heterocycles. The molecule has 2 rings (SSSR count). The van der Waals surface area contributed by atoms with Gasteiger partial charge in [-0.3, -0.25) is 0 Å². The molecule has 1 aliphatic heterocycles. The lowest BCUT2D eigenvalue weighted by molar-refractivity contribution is 0.949. The molecule has 1 fully saturated rings. The Labute approximate surface area is 88.1 Å². The summed E-state index contributed by atoms with van der Waals surface area (Å²) in [5, 5.41) is 11.8. The first-order chi connectivity index (χ1) is 7.35. The molecule has 0 amide bonds. The molecule has 1 aliphatic rings. The van der Waals surface area contributed by atoms with Gasteiger partial charge >= 0.3 is 0 Å². The molecule has 0 aliphatic carbocycles. The highest BCUT2D eigenvalue weighted by Crippen LogP contribution is 2.27. The van der Waals surface area contributed by atoms with Crippen LogP contribution in [0.3, 0.4) is 0 Å². The van der Waals surface area contributed by atoms with Crippen molar-refractivity contribution < 1.29 is 0 Å². The van der Waals surface area contributed by atoms with E-state index in [1.165, 1.54) is 12.8 Å². The van der Waals surface area contributed by atoms with Crippen molar-refractivity contribution in [3.05, 3.63) is 28.7 Å². The van der Waals surface area contributed by atoms with Crippen molar-refractivity contribution >= 4 is 11.4 Å². The first-order valence-electron chi connectivity index (χ1n) is 4.97. The van der Waals surface area contributed by atoms with Gasteiger partial charge in [-0.25, -0.2) is 0 Å². The number of rotatable bonds is 2. The van der Waals surface area contributed by atoms with Gasteiger partial charge in [0.25, 0.3) is 0 Å². The molecule has 0 radical (unpaired) electrons. The minimum Gasteiger partial charge on any atom is -0.370 e. The van der Waals surface area contributed by atoms with E-state index in [9.17, 15) is 4.91 Å². The highest BCUT2D eigenvalue weighted by molar-refractivity contribution is 5.64. The molecule has 4 nitrogen and oxygen atoms in total. The van der Waals surface area contributed by atoms with Crippen molar-refractivity contribution in [3.63, 3.8) is 0 Å². The number of nitrogens with zero attached hydrogens (tertiary/aromatic N) is 3. The average Bonchev–Trinajstić information content (AvgIpc) is 2.81. The van der Waals surface area contributed by atoms with Gasteiger partial charge in [-0.15, -0.1) is 4.91 Å². The standard InChI is InChI=1S/C11H11N3O/c12-8-9-7-10(13-15)3-4-11(9)14-5-1-2-6-14/h3-4,7H,1-2,5-6H2. The van der Waals surface area contributed by atoms with E-state index in [0.717, 1.165) is 18.8 Å². The third kappa shape index (κ3) is 1.82. The second-order valence-corrected chi connectivity index (χ2v) is 3.60. The Morgan fingerprint density at radius 1 is 1.33 bits per heavy atom. The maximum Gasteiger partial charge on any atom is 0.109 e. The maximum absolute atomic E-state index is 10.3. The van der Waals surface area contributed by atoms with Crippen LogP contribution in [-0.4, -0.2) is 13.1 Å². The van der Waals surface area contributed by atoms with Crippen LogP contribution in [-0.2, 0) is 0 Å². The van der Waals surface area contributed by atoms with Crippen molar-refractivity contribution in [2.24, 2.45) is 5.18 Å². The Kier molecular flexibility index (Phi) is 2.64. The Bertz CT molecular complexity index is 416. The highest BCUT2D eigenvalue weighted by Gasteiger charge is 2.15. The second-order valence-electron chi connectivity index (χ2n) is 3.60. The summed E-state index contributed by atoms with van der Waals surface area (Å²) < 4.78 is 0. The van der Waals surface area contributed by atoms with Crippen LogP contribution in [0.1, 0.15) is 18.4 Å². The van der Waals surface area contributed by atoms with Crippen molar-refractivity contribution in [1.29, 1.82) is 5.26 Å². The molecule has 1 aromatic rings. The summed E-state index contributed by atoms with van der Waals surface area (Å²) in [4.78, 5) is 12.5. The van der Waals surface area contributed by atoms with E-state index in [-0.39, 0.29) is 0 Å². The molecule has 4 heteroatoms. The van der Waals surface area contributed by atoms with Crippen molar-refractivity contribution in [2.45, 2.75) is 12.8 Å². The SMILES string of the molecule is N#Cc1cc(N=O)ccc1N1CCCC1. The third-order valence-electron chi connectivity index (χ3n) is 2.65. The summed E-state index contributed by atoms with van der Waals surface area (Å²) in [6.45, 7) is 1.98. The van der Waals surface area contributed by atoms with Crippen LogP contribution in [0.25, 0.3) is 0 Å². The van der Waals surface area contributed by atoms with Gasteiger partial charge in [0.1, 0.15) is 11.8 Å². The molecular weight excluding hydrogens is 190 g/mol. The van der Waals surface area contributed by atoms with E-state index in [0.29, 0.717) is 11.3 Å². The Balaban J connectivity index is 2.38. The molecular formula is C11H11N3O. The summed E-state index contributed by atoms with van der Waals surface area (Å²) >= 11 is 0. The van der Waals surface area contributed by atoms with Gasteiger partial charge in [-0.1, -0.05) is 0 Å². The largest absolute Gasteiger partial charge is 0.370 e. The lowest BCUT2D eigenvalue weighted by atomic mass is 10.1. The first-order valence-corrected chi connectivity index (χ1v) is 4.97. The van der Waals surface area contributed by atoms with Crippen LogP contribution in [0.5, 0.6) is 0 Å². The maximum atomic E-state index is 10.3. The highest BCUT2D eigenvalue weighted by atomic mass is 16.3. The average molecular weight is 201 g/mol. The summed E-state index contributed by atoms with van der Waals surface area (Å²) in [6, 6.07) is 7.11. The van der Waals surface area contributed by atoms with E-state index < -0.39 is 0 Å². The molecule has 0 saturated carbocycles. The molecule has 0 bridgehead atoms. The van der Waals surface area contributed by atoms with Crippen molar-refractivity contribution in [1.82, 2.24) is 0 Å². The van der Waals surface area contributed by atoms with Gasteiger partial charge in [0.2, 0.25) is 0 Å². The normalized spacial score (nSPS) is 15.0. The van der Waals surface area contributed by atoms with E-state index in [1.807, 2.05) is 0 Å². The molecule has 76 valence electrons. The topological polar surface area (TPSA) is 56.5 Å². The lowest BCUT2D eigenvalue weighted by Gasteiger charge is -2.18. The van der Waals surface area contributed by atoms with E-state index in [2.05, 4.69) is 16.1 Å². The number of hydrogen-bond acceptors (Lipinski definition) is 4. The fourth-order valence-corrected chi connectivity index (χ4v) is 1.90. The minimum absolute atomic E-state index is 0.314. The second kappa shape index (κ2) is 4.09. The summed E-state index contributed by atoms with van der Waals surface area (Å²) in [5.41, 5.74) is 1.77. The molecule has 1 saturated heterocycles. The Hall–Kier alpha value is -1.89. The van der Waals surface area contributed by atoms with E-state index in [1.54, 1.807) is 18.2 Å². The third-order valence-corrected chi connectivity index (χ3v) is 2.65. The van der Waals surface area contributed by atoms with Crippen LogP contribution in [0, 0.1) is 16.2 Å². The molecule has 0 N–H and O–H groups in total. The van der Waals surface area contributed by atoms with E-state index >= 15 is 0 Å². The summed E-state index contributed by atoms with van der Waals surface area (Å²) in [7, 11) is 0. The van der Waals surface area contributed by atoms with Gasteiger partial charge < -0.3 is 4.90 Å². The van der Waals surface area contributed by atoms with Crippen LogP contribution in [0.4, 0.5) is 11.4 Å². The predicted octanol–water partition coefficient (Wildman–Crippen LogP) is 2.56. The number of hydrogen-bond donors (Lipinski definition) is 0. The van der Waals surface area contributed by atoms with Gasteiger partial charge in [-0.05, 0) is 36.2 Å². The number of nitriles is 1. The fraction of sp³-hybridized carbons (Fsp3) is 0.364. The number of anilines is 1. The smallest absolute Gasteiger partial charge is 0.109 e. The lowest BCUT2D eigenvalue weighted by Crippen LogP contribution is -2.18. The Morgan fingerprint density at radius 3 is 2.67 bits per heavy atom. The quantitative estimate of drug-likeness (QED) is 0.691. The molecule has 15 heavy (non-hydrogen) atoms. The van der Waals surface area contributed by atoms with Gasteiger partial charge in [0, 0.05) is 13.1 Å². The zero-order valence-electron chi connectivity index (χ0n) is 8.31. The first kappa shape index (κ1) is 9.66.